The first kappa shape index (κ1) is 13.3. The zero-order valence-electron chi connectivity index (χ0n) is 10.5. The number of esters is 1. The van der Waals surface area contributed by atoms with Crippen LogP contribution in [-0.2, 0) is 14.3 Å². The number of carbonyl (C=O) groups is 2. The van der Waals surface area contributed by atoms with Gasteiger partial charge in [0.1, 0.15) is 12.1 Å². The maximum Gasteiger partial charge on any atom is 0.328 e. The van der Waals surface area contributed by atoms with Gasteiger partial charge in [-0.25, -0.2) is 4.79 Å². The van der Waals surface area contributed by atoms with Crippen molar-refractivity contribution in [3.05, 3.63) is 0 Å². The predicted octanol–water partition coefficient (Wildman–Crippen LogP) is -0.751. The summed E-state index contributed by atoms with van der Waals surface area (Å²) in [6.45, 7) is 0.479. The van der Waals surface area contributed by atoms with Crippen LogP contribution in [0.5, 0.6) is 0 Å². The van der Waals surface area contributed by atoms with E-state index >= 15 is 0 Å². The van der Waals surface area contributed by atoms with E-state index in [-0.39, 0.29) is 5.92 Å². The number of carbonyl (C=O) groups excluding carboxylic acids is 2. The van der Waals surface area contributed by atoms with Gasteiger partial charge in [0.05, 0.1) is 7.11 Å². The second kappa shape index (κ2) is 5.24. The molecule has 6 heteroatoms. The molecule has 1 amide bonds. The fourth-order valence-corrected chi connectivity index (χ4v) is 2.49. The maximum absolute atomic E-state index is 12.1. The van der Waals surface area contributed by atoms with Crippen molar-refractivity contribution in [1.29, 1.82) is 0 Å². The van der Waals surface area contributed by atoms with E-state index in [0.717, 1.165) is 19.3 Å². The van der Waals surface area contributed by atoms with Crippen LogP contribution in [0.25, 0.3) is 0 Å². The summed E-state index contributed by atoms with van der Waals surface area (Å²) in [4.78, 5) is 25.1. The van der Waals surface area contributed by atoms with E-state index in [4.69, 9.17) is 5.73 Å². The number of methoxy groups -OCH3 is 1. The Labute approximate surface area is 106 Å². The number of hydrogen-bond donors (Lipinski definition) is 2. The number of amides is 1. The molecule has 2 aliphatic rings. The zero-order valence-corrected chi connectivity index (χ0v) is 10.5. The SMILES string of the molecule is COC(=O)[C@@H]1CCCN1C(=O)[C@@H](O)[C@H](N)C1CC1. The van der Waals surface area contributed by atoms with Gasteiger partial charge in [-0.05, 0) is 31.6 Å². The standard InChI is InChI=1S/C12H20N2O4/c1-18-12(17)8-3-2-6-14(8)11(16)10(15)9(13)7-4-5-7/h7-10,15H,2-6,13H2,1H3/t8-,9+,10-/m0/s1. The predicted molar refractivity (Wildman–Crippen MR) is 63.5 cm³/mol. The Hall–Kier alpha value is -1.14. The van der Waals surface area contributed by atoms with E-state index < -0.39 is 30.1 Å². The molecule has 0 bridgehead atoms. The molecule has 2 fully saturated rings. The molecule has 0 aromatic heterocycles. The monoisotopic (exact) mass is 256 g/mol. The number of likely N-dealkylation sites (tertiary alicyclic amines) is 1. The minimum Gasteiger partial charge on any atom is -0.467 e. The lowest BCUT2D eigenvalue weighted by Gasteiger charge is -2.27. The van der Waals surface area contributed by atoms with Crippen molar-refractivity contribution < 1.29 is 19.4 Å². The summed E-state index contributed by atoms with van der Waals surface area (Å²) in [7, 11) is 1.30. The smallest absolute Gasteiger partial charge is 0.328 e. The molecule has 6 nitrogen and oxygen atoms in total. The molecule has 1 heterocycles. The Bertz CT molecular complexity index is 343. The topological polar surface area (TPSA) is 92.9 Å². The Kier molecular flexibility index (Phi) is 3.87. The molecule has 102 valence electrons. The van der Waals surface area contributed by atoms with E-state index in [9.17, 15) is 14.7 Å². The molecule has 0 radical (unpaired) electrons. The molecule has 3 atom stereocenters. The molecule has 18 heavy (non-hydrogen) atoms. The number of ether oxygens (including phenoxy) is 1. The van der Waals surface area contributed by atoms with Gasteiger partial charge in [-0.2, -0.15) is 0 Å². The van der Waals surface area contributed by atoms with Gasteiger partial charge in [-0.1, -0.05) is 0 Å². The summed E-state index contributed by atoms with van der Waals surface area (Å²) in [6.07, 6.45) is 2.06. The summed E-state index contributed by atoms with van der Waals surface area (Å²) >= 11 is 0. The van der Waals surface area contributed by atoms with Crippen molar-refractivity contribution in [1.82, 2.24) is 4.90 Å². The Balaban J connectivity index is 2.00. The van der Waals surface area contributed by atoms with E-state index in [1.165, 1.54) is 12.0 Å². The van der Waals surface area contributed by atoms with Crippen LogP contribution < -0.4 is 5.73 Å². The van der Waals surface area contributed by atoms with E-state index in [2.05, 4.69) is 4.74 Å². The first-order chi connectivity index (χ1) is 8.56. The van der Waals surface area contributed by atoms with Crippen LogP contribution >= 0.6 is 0 Å². The molecule has 0 spiro atoms. The molecule has 0 aromatic rings. The van der Waals surface area contributed by atoms with Crippen molar-refractivity contribution in [2.24, 2.45) is 11.7 Å². The third-order valence-corrected chi connectivity index (χ3v) is 3.79. The number of nitrogens with zero attached hydrogens (tertiary/aromatic N) is 1. The molecular formula is C12H20N2O4. The second-order valence-electron chi connectivity index (χ2n) is 5.07. The average molecular weight is 256 g/mol. The van der Waals surface area contributed by atoms with E-state index in [1.54, 1.807) is 0 Å². The zero-order chi connectivity index (χ0) is 13.3. The first-order valence-corrected chi connectivity index (χ1v) is 6.38. The highest BCUT2D eigenvalue weighted by atomic mass is 16.5. The number of aliphatic hydroxyl groups excluding tert-OH is 1. The number of aliphatic hydroxyl groups is 1. The van der Waals surface area contributed by atoms with Gasteiger partial charge in [-0.15, -0.1) is 0 Å². The summed E-state index contributed by atoms with van der Waals surface area (Å²) in [5, 5.41) is 9.96. The van der Waals surface area contributed by atoms with Gasteiger partial charge in [-0.3, -0.25) is 4.79 Å². The molecule has 1 aliphatic carbocycles. The van der Waals surface area contributed by atoms with Crippen LogP contribution in [-0.4, -0.2) is 53.7 Å². The Morgan fingerprint density at radius 1 is 1.39 bits per heavy atom. The van der Waals surface area contributed by atoms with Crippen LogP contribution in [0.3, 0.4) is 0 Å². The lowest BCUT2D eigenvalue weighted by Crippen LogP contribution is -2.52. The van der Waals surface area contributed by atoms with Gasteiger partial charge >= 0.3 is 5.97 Å². The molecule has 2 rings (SSSR count). The highest BCUT2D eigenvalue weighted by Crippen LogP contribution is 2.33. The highest BCUT2D eigenvalue weighted by molar-refractivity contribution is 5.88. The third kappa shape index (κ3) is 2.49. The van der Waals surface area contributed by atoms with Gasteiger partial charge < -0.3 is 20.5 Å². The summed E-state index contributed by atoms with van der Waals surface area (Å²) in [6, 6.07) is -1.08. The van der Waals surface area contributed by atoms with Crippen LogP contribution in [0, 0.1) is 5.92 Å². The maximum atomic E-state index is 12.1. The lowest BCUT2D eigenvalue weighted by molar-refractivity contribution is -0.154. The summed E-state index contributed by atoms with van der Waals surface area (Å²) < 4.78 is 4.67. The summed E-state index contributed by atoms with van der Waals surface area (Å²) in [5.41, 5.74) is 5.83. The van der Waals surface area contributed by atoms with Crippen molar-refractivity contribution in [2.45, 2.75) is 43.9 Å². The average Bonchev–Trinajstić information content (AvgIpc) is 3.12. The lowest BCUT2D eigenvalue weighted by atomic mass is 10.1. The molecule has 1 saturated carbocycles. The van der Waals surface area contributed by atoms with Crippen LogP contribution in [0.15, 0.2) is 0 Å². The van der Waals surface area contributed by atoms with Crippen LogP contribution in [0.2, 0.25) is 0 Å². The number of nitrogens with two attached hydrogens (primary N) is 1. The molecular weight excluding hydrogens is 236 g/mol. The molecule has 0 aromatic carbocycles. The fraction of sp³-hybridized carbons (Fsp3) is 0.833. The fourth-order valence-electron chi connectivity index (χ4n) is 2.49. The van der Waals surface area contributed by atoms with Gasteiger partial charge in [0.2, 0.25) is 0 Å². The van der Waals surface area contributed by atoms with Crippen molar-refractivity contribution >= 4 is 11.9 Å². The highest BCUT2D eigenvalue weighted by Gasteiger charge is 2.42. The Morgan fingerprint density at radius 3 is 2.61 bits per heavy atom. The largest absolute Gasteiger partial charge is 0.467 e. The Morgan fingerprint density at radius 2 is 2.06 bits per heavy atom. The quantitative estimate of drug-likeness (QED) is 0.645. The third-order valence-electron chi connectivity index (χ3n) is 3.79. The van der Waals surface area contributed by atoms with Crippen molar-refractivity contribution in [3.63, 3.8) is 0 Å². The minimum absolute atomic E-state index is 0.239. The van der Waals surface area contributed by atoms with Crippen LogP contribution in [0.1, 0.15) is 25.7 Å². The molecule has 3 N–H and O–H groups in total. The van der Waals surface area contributed by atoms with Gasteiger partial charge in [0, 0.05) is 12.6 Å². The van der Waals surface area contributed by atoms with Gasteiger partial charge in [0.15, 0.2) is 0 Å². The van der Waals surface area contributed by atoms with Crippen molar-refractivity contribution in [2.75, 3.05) is 13.7 Å². The molecule has 1 saturated heterocycles. The second-order valence-corrected chi connectivity index (χ2v) is 5.07. The van der Waals surface area contributed by atoms with E-state index in [1.807, 2.05) is 0 Å². The first-order valence-electron chi connectivity index (χ1n) is 6.38. The van der Waals surface area contributed by atoms with E-state index in [0.29, 0.717) is 13.0 Å². The molecule has 0 unspecified atom stereocenters. The van der Waals surface area contributed by atoms with Gasteiger partial charge in [0.25, 0.3) is 5.91 Å². The van der Waals surface area contributed by atoms with Crippen LogP contribution in [0.4, 0.5) is 0 Å². The number of rotatable bonds is 4. The normalized spacial score (nSPS) is 26.8. The summed E-state index contributed by atoms with van der Waals surface area (Å²) in [5.74, 6) is -0.626. The molecule has 1 aliphatic heterocycles. The number of hydrogen-bond acceptors (Lipinski definition) is 5. The van der Waals surface area contributed by atoms with Crippen molar-refractivity contribution in [3.8, 4) is 0 Å². The minimum atomic E-state index is -1.21.